The molecule has 19 heavy (non-hydrogen) atoms. The maximum Gasteiger partial charge on any atom is 0.259 e. The first kappa shape index (κ1) is 13.9. The Labute approximate surface area is 110 Å². The Bertz CT molecular complexity index is 458. The molecule has 1 aromatic rings. The molecule has 0 heterocycles. The number of benzene rings is 1. The normalized spacial score (nSPS) is 23.2. The van der Waals surface area contributed by atoms with E-state index in [0.717, 1.165) is 25.0 Å². The highest BCUT2D eigenvalue weighted by Gasteiger charge is 2.31. The minimum absolute atomic E-state index is 0.375. The van der Waals surface area contributed by atoms with Gasteiger partial charge in [-0.05, 0) is 25.0 Å². The SMILES string of the molecule is CN(C(=O)c1c(F)cccc1F)C1CCCCC1O. The van der Waals surface area contributed by atoms with E-state index in [1.54, 1.807) is 0 Å². The van der Waals surface area contributed by atoms with E-state index in [2.05, 4.69) is 0 Å². The number of hydrogen-bond donors (Lipinski definition) is 1. The van der Waals surface area contributed by atoms with Crippen molar-refractivity contribution in [1.29, 1.82) is 0 Å². The van der Waals surface area contributed by atoms with Crippen molar-refractivity contribution in [1.82, 2.24) is 4.90 Å². The number of carbonyl (C=O) groups is 1. The number of nitrogens with zero attached hydrogens (tertiary/aromatic N) is 1. The van der Waals surface area contributed by atoms with Crippen LogP contribution in [0.2, 0.25) is 0 Å². The Hall–Kier alpha value is -1.49. The highest BCUT2D eigenvalue weighted by atomic mass is 19.1. The molecule has 2 rings (SSSR count). The summed E-state index contributed by atoms with van der Waals surface area (Å²) in [5.74, 6) is -2.47. The van der Waals surface area contributed by atoms with Crippen molar-refractivity contribution in [3.05, 3.63) is 35.4 Å². The third-order valence-corrected chi connectivity index (χ3v) is 3.69. The lowest BCUT2D eigenvalue weighted by molar-refractivity contribution is 0.0262. The van der Waals surface area contributed by atoms with Gasteiger partial charge in [0.15, 0.2) is 0 Å². The predicted octanol–water partition coefficient (Wildman–Crippen LogP) is 2.34. The first-order valence-electron chi connectivity index (χ1n) is 6.41. The Morgan fingerprint density at radius 2 is 1.84 bits per heavy atom. The van der Waals surface area contributed by atoms with Crippen LogP contribution in [0, 0.1) is 11.6 Å². The second-order valence-electron chi connectivity index (χ2n) is 4.93. The van der Waals surface area contributed by atoms with E-state index in [1.165, 1.54) is 18.0 Å². The molecule has 1 N–H and O–H groups in total. The van der Waals surface area contributed by atoms with Gasteiger partial charge in [0.25, 0.3) is 5.91 Å². The van der Waals surface area contributed by atoms with Crippen molar-refractivity contribution >= 4 is 5.91 Å². The topological polar surface area (TPSA) is 40.5 Å². The van der Waals surface area contributed by atoms with Crippen LogP contribution in [0.15, 0.2) is 18.2 Å². The summed E-state index contributed by atoms with van der Waals surface area (Å²) in [4.78, 5) is 13.4. The summed E-state index contributed by atoms with van der Waals surface area (Å²) in [5, 5.41) is 9.89. The lowest BCUT2D eigenvalue weighted by atomic mass is 9.91. The fourth-order valence-corrected chi connectivity index (χ4v) is 2.57. The molecule has 0 aliphatic heterocycles. The Morgan fingerprint density at radius 3 is 2.42 bits per heavy atom. The van der Waals surface area contributed by atoms with E-state index in [4.69, 9.17) is 0 Å². The molecule has 1 amide bonds. The number of amides is 1. The second-order valence-corrected chi connectivity index (χ2v) is 4.93. The molecule has 0 bridgehead atoms. The summed E-state index contributed by atoms with van der Waals surface area (Å²) >= 11 is 0. The smallest absolute Gasteiger partial charge is 0.259 e. The molecule has 0 spiro atoms. The number of rotatable bonds is 2. The van der Waals surface area contributed by atoms with Crippen LogP contribution < -0.4 is 0 Å². The molecular formula is C14H17F2NO2. The summed E-state index contributed by atoms with van der Waals surface area (Å²) in [5.41, 5.74) is -0.553. The van der Waals surface area contributed by atoms with Crippen LogP contribution in [-0.4, -0.2) is 35.1 Å². The number of aliphatic hydroxyl groups excluding tert-OH is 1. The van der Waals surface area contributed by atoms with Gasteiger partial charge in [-0.15, -0.1) is 0 Å². The summed E-state index contributed by atoms with van der Waals surface area (Å²) in [6.45, 7) is 0. The van der Waals surface area contributed by atoms with Crippen molar-refractivity contribution in [2.24, 2.45) is 0 Å². The Kier molecular flexibility index (Phi) is 4.14. The van der Waals surface area contributed by atoms with E-state index in [1.807, 2.05) is 0 Å². The summed E-state index contributed by atoms with van der Waals surface area (Å²) in [7, 11) is 1.48. The van der Waals surface area contributed by atoms with E-state index in [0.29, 0.717) is 12.8 Å². The largest absolute Gasteiger partial charge is 0.391 e. The van der Waals surface area contributed by atoms with Gasteiger partial charge < -0.3 is 10.0 Å². The van der Waals surface area contributed by atoms with Gasteiger partial charge in [-0.2, -0.15) is 0 Å². The highest BCUT2D eigenvalue weighted by molar-refractivity contribution is 5.94. The fourth-order valence-electron chi connectivity index (χ4n) is 2.57. The standard InChI is InChI=1S/C14H17F2NO2/c1-17(11-7-2-3-8-12(11)18)14(19)13-9(15)5-4-6-10(13)16/h4-6,11-12,18H,2-3,7-8H2,1H3. The molecule has 1 aliphatic carbocycles. The van der Waals surface area contributed by atoms with E-state index in [9.17, 15) is 18.7 Å². The maximum absolute atomic E-state index is 13.6. The quantitative estimate of drug-likeness (QED) is 0.895. The molecule has 1 aromatic carbocycles. The van der Waals surface area contributed by atoms with Crippen molar-refractivity contribution in [3.8, 4) is 0 Å². The Balaban J connectivity index is 2.23. The molecule has 5 heteroatoms. The van der Waals surface area contributed by atoms with Gasteiger partial charge in [0, 0.05) is 7.05 Å². The average Bonchev–Trinajstić information content (AvgIpc) is 2.38. The van der Waals surface area contributed by atoms with Crippen LogP contribution in [-0.2, 0) is 0 Å². The van der Waals surface area contributed by atoms with Gasteiger partial charge >= 0.3 is 0 Å². The first-order valence-corrected chi connectivity index (χ1v) is 6.41. The highest BCUT2D eigenvalue weighted by Crippen LogP contribution is 2.24. The van der Waals surface area contributed by atoms with Gasteiger partial charge in [-0.3, -0.25) is 4.79 Å². The van der Waals surface area contributed by atoms with Crippen LogP contribution in [0.4, 0.5) is 8.78 Å². The van der Waals surface area contributed by atoms with Gasteiger partial charge in [0.05, 0.1) is 12.1 Å². The van der Waals surface area contributed by atoms with Gasteiger partial charge in [0.1, 0.15) is 17.2 Å². The molecule has 104 valence electrons. The van der Waals surface area contributed by atoms with E-state index < -0.39 is 29.2 Å². The molecule has 1 aliphatic rings. The molecular weight excluding hydrogens is 252 g/mol. The van der Waals surface area contributed by atoms with Crippen molar-refractivity contribution in [2.75, 3.05) is 7.05 Å². The Morgan fingerprint density at radius 1 is 1.26 bits per heavy atom. The third-order valence-electron chi connectivity index (χ3n) is 3.69. The van der Waals surface area contributed by atoms with Gasteiger partial charge in [-0.25, -0.2) is 8.78 Å². The first-order chi connectivity index (χ1) is 9.02. The summed E-state index contributed by atoms with van der Waals surface area (Å²) in [6.07, 6.45) is 2.45. The number of carbonyl (C=O) groups excluding carboxylic acids is 1. The van der Waals surface area contributed by atoms with Crippen LogP contribution in [0.3, 0.4) is 0 Å². The number of likely N-dealkylation sites (N-methyl/N-ethyl adjacent to an activating group) is 1. The minimum atomic E-state index is -0.873. The second kappa shape index (κ2) is 5.65. The minimum Gasteiger partial charge on any atom is -0.391 e. The van der Waals surface area contributed by atoms with E-state index in [-0.39, 0.29) is 6.04 Å². The number of aliphatic hydroxyl groups is 1. The molecule has 3 nitrogen and oxygen atoms in total. The monoisotopic (exact) mass is 269 g/mol. The zero-order valence-electron chi connectivity index (χ0n) is 10.8. The predicted molar refractivity (Wildman–Crippen MR) is 66.7 cm³/mol. The lowest BCUT2D eigenvalue weighted by Crippen LogP contribution is -2.46. The number of hydrogen-bond acceptors (Lipinski definition) is 2. The third kappa shape index (κ3) is 2.76. The van der Waals surface area contributed by atoms with Crippen molar-refractivity contribution < 1.29 is 18.7 Å². The average molecular weight is 269 g/mol. The zero-order valence-corrected chi connectivity index (χ0v) is 10.8. The lowest BCUT2D eigenvalue weighted by Gasteiger charge is -2.35. The molecule has 0 radical (unpaired) electrons. The van der Waals surface area contributed by atoms with Gasteiger partial charge in [-0.1, -0.05) is 18.9 Å². The summed E-state index contributed by atoms with van der Waals surface area (Å²) in [6, 6.07) is 2.96. The van der Waals surface area contributed by atoms with Crippen molar-refractivity contribution in [3.63, 3.8) is 0 Å². The maximum atomic E-state index is 13.6. The molecule has 0 saturated heterocycles. The van der Waals surface area contributed by atoms with Crippen molar-refractivity contribution in [2.45, 2.75) is 37.8 Å². The molecule has 0 aromatic heterocycles. The van der Waals surface area contributed by atoms with Crippen LogP contribution in [0.1, 0.15) is 36.0 Å². The van der Waals surface area contributed by atoms with Crippen LogP contribution in [0.25, 0.3) is 0 Å². The zero-order chi connectivity index (χ0) is 14.0. The molecule has 1 fully saturated rings. The molecule has 2 atom stereocenters. The van der Waals surface area contributed by atoms with E-state index >= 15 is 0 Å². The summed E-state index contributed by atoms with van der Waals surface area (Å²) < 4.78 is 27.2. The van der Waals surface area contributed by atoms with Gasteiger partial charge in [0.2, 0.25) is 0 Å². The van der Waals surface area contributed by atoms with Crippen LogP contribution in [0.5, 0.6) is 0 Å². The van der Waals surface area contributed by atoms with Crippen LogP contribution >= 0.6 is 0 Å². The molecule has 1 saturated carbocycles. The fraction of sp³-hybridized carbons (Fsp3) is 0.500. The molecule has 2 unspecified atom stereocenters. The number of halogens is 2.